The number of amides is 1. The lowest BCUT2D eigenvalue weighted by atomic mass is 9.95. The number of methoxy groups -OCH3 is 3. The van der Waals surface area contributed by atoms with E-state index in [1.54, 1.807) is 21.3 Å². The molecule has 1 atom stereocenters. The summed E-state index contributed by atoms with van der Waals surface area (Å²) in [6, 6.07) is 6.00. The summed E-state index contributed by atoms with van der Waals surface area (Å²) in [4.78, 5) is 14.7. The normalized spacial score (nSPS) is 17.1. The highest BCUT2D eigenvalue weighted by molar-refractivity contribution is 5.79. The molecule has 0 aromatic heterocycles. The number of hydrogen-bond donors (Lipinski definition) is 1. The Balaban J connectivity index is 1.88. The van der Waals surface area contributed by atoms with Crippen LogP contribution in [0.25, 0.3) is 0 Å². The molecule has 25 heavy (non-hydrogen) atoms. The number of ether oxygens (including phenoxy) is 3. The topological polar surface area (TPSA) is 60.0 Å². The van der Waals surface area contributed by atoms with Crippen LogP contribution in [0.3, 0.4) is 0 Å². The molecular formula is C19H30N2O4. The average Bonchev–Trinajstić information content (AvgIpc) is 2.62. The number of nitrogens with one attached hydrogen (secondary N) is 1. The van der Waals surface area contributed by atoms with E-state index in [1.165, 1.54) is 0 Å². The smallest absolute Gasteiger partial charge is 0.223 e. The van der Waals surface area contributed by atoms with Crippen LogP contribution >= 0.6 is 0 Å². The molecule has 0 radical (unpaired) electrons. The second kappa shape index (κ2) is 9.63. The Kier molecular flexibility index (Phi) is 7.52. The molecule has 1 aromatic rings. The highest BCUT2D eigenvalue weighted by atomic mass is 16.5. The third kappa shape index (κ3) is 5.34. The molecule has 2 rings (SSSR count). The highest BCUT2D eigenvalue weighted by Gasteiger charge is 2.26. The van der Waals surface area contributed by atoms with Crippen molar-refractivity contribution in [2.45, 2.75) is 32.4 Å². The van der Waals surface area contributed by atoms with Crippen LogP contribution in [0.15, 0.2) is 18.2 Å². The van der Waals surface area contributed by atoms with Gasteiger partial charge in [-0.1, -0.05) is 12.1 Å². The van der Waals surface area contributed by atoms with Crippen molar-refractivity contribution in [1.82, 2.24) is 10.2 Å². The van der Waals surface area contributed by atoms with Gasteiger partial charge in [0.2, 0.25) is 5.91 Å². The minimum atomic E-state index is 0.0524. The summed E-state index contributed by atoms with van der Waals surface area (Å²) in [6.07, 6.45) is 1.75. The summed E-state index contributed by atoms with van der Waals surface area (Å²) in [5.74, 6) is 1.77. The molecule has 6 heteroatoms. The Labute approximate surface area is 150 Å². The van der Waals surface area contributed by atoms with Crippen molar-refractivity contribution in [2.24, 2.45) is 5.92 Å². The fourth-order valence-corrected chi connectivity index (χ4v) is 3.32. The van der Waals surface area contributed by atoms with Crippen LogP contribution in [0.4, 0.5) is 0 Å². The van der Waals surface area contributed by atoms with Crippen molar-refractivity contribution in [3.63, 3.8) is 0 Å². The predicted octanol–water partition coefficient (Wildman–Crippen LogP) is 2.07. The SMILES string of the molecule is COCC(C)NC(=O)C1CCN(Cc2cccc(OC)c2OC)CC1. The van der Waals surface area contributed by atoms with Gasteiger partial charge in [-0.15, -0.1) is 0 Å². The maximum atomic E-state index is 12.3. The van der Waals surface area contributed by atoms with Crippen molar-refractivity contribution in [2.75, 3.05) is 41.0 Å². The van der Waals surface area contributed by atoms with E-state index in [-0.39, 0.29) is 17.9 Å². The third-order valence-electron chi connectivity index (χ3n) is 4.64. The molecule has 6 nitrogen and oxygen atoms in total. The molecule has 1 N–H and O–H groups in total. The van der Waals surface area contributed by atoms with Gasteiger partial charge in [-0.05, 0) is 38.9 Å². The summed E-state index contributed by atoms with van der Waals surface area (Å²) < 4.78 is 15.9. The Morgan fingerprint density at radius 2 is 1.96 bits per heavy atom. The van der Waals surface area contributed by atoms with Gasteiger partial charge in [0, 0.05) is 31.2 Å². The van der Waals surface area contributed by atoms with Gasteiger partial charge in [-0.25, -0.2) is 0 Å². The molecular weight excluding hydrogens is 320 g/mol. The fraction of sp³-hybridized carbons (Fsp3) is 0.632. The molecule has 1 fully saturated rings. The second-order valence-electron chi connectivity index (χ2n) is 6.57. The van der Waals surface area contributed by atoms with Crippen molar-refractivity contribution >= 4 is 5.91 Å². The minimum absolute atomic E-state index is 0.0524. The first kappa shape index (κ1) is 19.5. The van der Waals surface area contributed by atoms with E-state index in [9.17, 15) is 4.79 Å². The van der Waals surface area contributed by atoms with E-state index in [2.05, 4.69) is 16.3 Å². The Bertz CT molecular complexity index is 556. The summed E-state index contributed by atoms with van der Waals surface area (Å²) >= 11 is 0. The highest BCUT2D eigenvalue weighted by Crippen LogP contribution is 2.32. The first-order valence-corrected chi connectivity index (χ1v) is 8.80. The number of carbonyl (C=O) groups is 1. The molecule has 0 bridgehead atoms. The van der Waals surface area contributed by atoms with Crippen LogP contribution < -0.4 is 14.8 Å². The number of para-hydroxylation sites is 1. The first-order valence-electron chi connectivity index (χ1n) is 8.80. The number of rotatable bonds is 8. The van der Waals surface area contributed by atoms with E-state index < -0.39 is 0 Å². The van der Waals surface area contributed by atoms with Crippen LogP contribution in [0, 0.1) is 5.92 Å². The molecule has 1 heterocycles. The Morgan fingerprint density at radius 1 is 1.24 bits per heavy atom. The lowest BCUT2D eigenvalue weighted by Gasteiger charge is -2.32. The zero-order valence-corrected chi connectivity index (χ0v) is 15.7. The number of hydrogen-bond acceptors (Lipinski definition) is 5. The van der Waals surface area contributed by atoms with E-state index in [0.29, 0.717) is 6.61 Å². The number of nitrogens with zero attached hydrogens (tertiary/aromatic N) is 1. The summed E-state index contributed by atoms with van der Waals surface area (Å²) in [5, 5.41) is 3.03. The van der Waals surface area contributed by atoms with Gasteiger partial charge in [0.25, 0.3) is 0 Å². The van der Waals surface area contributed by atoms with E-state index in [1.807, 2.05) is 19.1 Å². The van der Waals surface area contributed by atoms with Gasteiger partial charge < -0.3 is 19.5 Å². The molecule has 0 saturated carbocycles. The van der Waals surface area contributed by atoms with Crippen LogP contribution in [-0.4, -0.2) is 57.9 Å². The Morgan fingerprint density at radius 3 is 2.56 bits per heavy atom. The minimum Gasteiger partial charge on any atom is -0.493 e. The van der Waals surface area contributed by atoms with Gasteiger partial charge in [0.05, 0.1) is 20.8 Å². The number of benzene rings is 1. The summed E-state index contributed by atoms with van der Waals surface area (Å²) in [7, 11) is 4.96. The van der Waals surface area contributed by atoms with Crippen LogP contribution in [0.2, 0.25) is 0 Å². The van der Waals surface area contributed by atoms with E-state index >= 15 is 0 Å². The second-order valence-corrected chi connectivity index (χ2v) is 6.57. The maximum Gasteiger partial charge on any atom is 0.223 e. The van der Waals surface area contributed by atoms with Gasteiger partial charge >= 0.3 is 0 Å². The Hall–Kier alpha value is -1.79. The van der Waals surface area contributed by atoms with Gasteiger partial charge in [0.15, 0.2) is 11.5 Å². The van der Waals surface area contributed by atoms with Crippen molar-refractivity contribution in [3.8, 4) is 11.5 Å². The molecule has 1 aliphatic heterocycles. The molecule has 1 amide bonds. The zero-order valence-electron chi connectivity index (χ0n) is 15.7. The molecule has 1 unspecified atom stereocenters. The van der Waals surface area contributed by atoms with Crippen LogP contribution in [-0.2, 0) is 16.1 Å². The fourth-order valence-electron chi connectivity index (χ4n) is 3.32. The third-order valence-corrected chi connectivity index (χ3v) is 4.64. The zero-order chi connectivity index (χ0) is 18.2. The number of piperidine rings is 1. The first-order chi connectivity index (χ1) is 12.1. The summed E-state index contributed by atoms with van der Waals surface area (Å²) in [6.45, 7) is 5.11. The molecule has 1 aromatic carbocycles. The average molecular weight is 350 g/mol. The molecule has 0 aliphatic carbocycles. The van der Waals surface area contributed by atoms with Crippen LogP contribution in [0.1, 0.15) is 25.3 Å². The lowest BCUT2D eigenvalue weighted by molar-refractivity contribution is -0.127. The molecule has 140 valence electrons. The summed E-state index contributed by atoms with van der Waals surface area (Å²) in [5.41, 5.74) is 1.11. The standard InChI is InChI=1S/C19H30N2O4/c1-14(13-23-2)20-19(22)15-8-10-21(11-9-15)12-16-6-5-7-17(24-3)18(16)25-4/h5-7,14-15H,8-13H2,1-4H3,(H,20,22). The number of likely N-dealkylation sites (tertiary alicyclic amines) is 1. The van der Waals surface area contributed by atoms with Gasteiger partial charge in [0.1, 0.15) is 0 Å². The quantitative estimate of drug-likeness (QED) is 0.778. The monoisotopic (exact) mass is 350 g/mol. The van der Waals surface area contributed by atoms with Crippen molar-refractivity contribution in [3.05, 3.63) is 23.8 Å². The van der Waals surface area contributed by atoms with E-state index in [4.69, 9.17) is 14.2 Å². The maximum absolute atomic E-state index is 12.3. The number of carbonyl (C=O) groups excluding carboxylic acids is 1. The van der Waals surface area contributed by atoms with Gasteiger partial charge in [-0.3, -0.25) is 9.69 Å². The van der Waals surface area contributed by atoms with Gasteiger partial charge in [-0.2, -0.15) is 0 Å². The predicted molar refractivity (Wildman–Crippen MR) is 97.0 cm³/mol. The lowest BCUT2D eigenvalue weighted by Crippen LogP contribution is -2.44. The van der Waals surface area contributed by atoms with Crippen molar-refractivity contribution < 1.29 is 19.0 Å². The van der Waals surface area contributed by atoms with Crippen LogP contribution in [0.5, 0.6) is 11.5 Å². The van der Waals surface area contributed by atoms with Crippen molar-refractivity contribution in [1.29, 1.82) is 0 Å². The largest absolute Gasteiger partial charge is 0.493 e. The molecule has 0 spiro atoms. The molecule has 1 saturated heterocycles. The molecule has 1 aliphatic rings. The van der Waals surface area contributed by atoms with E-state index in [0.717, 1.165) is 49.5 Å².